The van der Waals surface area contributed by atoms with Gasteiger partial charge < -0.3 is 14.8 Å². The zero-order valence-corrected chi connectivity index (χ0v) is 13.1. The highest BCUT2D eigenvalue weighted by Crippen LogP contribution is 2.37. The molecule has 1 aromatic rings. The standard InChI is InChI=1S/C17H26N2O2/c1-13-6-9-18-11-16(13)14(2)19-10-15-12-20-17(21-15)7-4-3-5-8-17/h6,9,11,14-15,19H,3-5,7-8,10,12H2,1-2H3/t14-,15+/m1/s1. The van der Waals surface area contributed by atoms with Crippen LogP contribution in [0.15, 0.2) is 18.5 Å². The number of ether oxygens (including phenoxy) is 2. The van der Waals surface area contributed by atoms with Crippen molar-refractivity contribution in [3.63, 3.8) is 0 Å². The van der Waals surface area contributed by atoms with Gasteiger partial charge in [-0.3, -0.25) is 4.98 Å². The lowest BCUT2D eigenvalue weighted by Gasteiger charge is -2.31. The molecule has 0 aromatic carbocycles. The Hall–Kier alpha value is -0.970. The van der Waals surface area contributed by atoms with E-state index in [1.54, 1.807) is 0 Å². The molecule has 1 aliphatic heterocycles. The molecule has 0 unspecified atom stereocenters. The van der Waals surface area contributed by atoms with Crippen LogP contribution in [0.5, 0.6) is 0 Å². The van der Waals surface area contributed by atoms with Crippen molar-refractivity contribution in [1.82, 2.24) is 10.3 Å². The number of nitrogens with one attached hydrogen (secondary N) is 1. The first-order chi connectivity index (χ1) is 10.2. The third-order valence-corrected chi connectivity index (χ3v) is 4.73. The van der Waals surface area contributed by atoms with Gasteiger partial charge in [0, 0.05) is 37.8 Å². The molecule has 0 bridgehead atoms. The van der Waals surface area contributed by atoms with Crippen molar-refractivity contribution in [2.45, 2.75) is 63.9 Å². The molecule has 2 heterocycles. The zero-order chi connectivity index (χ0) is 14.7. The molecule has 1 spiro atoms. The monoisotopic (exact) mass is 290 g/mol. The van der Waals surface area contributed by atoms with E-state index in [0.717, 1.165) is 19.4 Å². The highest BCUT2D eigenvalue weighted by atomic mass is 16.7. The minimum atomic E-state index is -0.266. The van der Waals surface area contributed by atoms with Crippen molar-refractivity contribution in [2.75, 3.05) is 13.2 Å². The second-order valence-electron chi connectivity index (χ2n) is 6.38. The third-order valence-electron chi connectivity index (χ3n) is 4.73. The second-order valence-corrected chi connectivity index (χ2v) is 6.38. The van der Waals surface area contributed by atoms with E-state index >= 15 is 0 Å². The summed E-state index contributed by atoms with van der Waals surface area (Å²) in [6.07, 6.45) is 9.84. The van der Waals surface area contributed by atoms with E-state index in [4.69, 9.17) is 9.47 Å². The average molecular weight is 290 g/mol. The van der Waals surface area contributed by atoms with E-state index in [1.807, 2.05) is 12.4 Å². The minimum absolute atomic E-state index is 0.169. The van der Waals surface area contributed by atoms with Gasteiger partial charge in [0.1, 0.15) is 0 Å². The van der Waals surface area contributed by atoms with Crippen molar-refractivity contribution < 1.29 is 9.47 Å². The van der Waals surface area contributed by atoms with Crippen LogP contribution in [0.1, 0.15) is 56.2 Å². The molecule has 3 rings (SSSR count). The fraction of sp³-hybridized carbons (Fsp3) is 0.706. The van der Waals surface area contributed by atoms with E-state index in [0.29, 0.717) is 6.61 Å². The van der Waals surface area contributed by atoms with Gasteiger partial charge >= 0.3 is 0 Å². The largest absolute Gasteiger partial charge is 0.347 e. The number of nitrogens with zero attached hydrogens (tertiary/aromatic N) is 1. The Kier molecular flexibility index (Phi) is 4.57. The van der Waals surface area contributed by atoms with E-state index in [-0.39, 0.29) is 17.9 Å². The van der Waals surface area contributed by atoms with Crippen molar-refractivity contribution in [1.29, 1.82) is 0 Å². The Morgan fingerprint density at radius 1 is 1.38 bits per heavy atom. The Morgan fingerprint density at radius 3 is 2.95 bits per heavy atom. The van der Waals surface area contributed by atoms with Gasteiger partial charge in [-0.1, -0.05) is 6.42 Å². The van der Waals surface area contributed by atoms with Gasteiger partial charge in [0.15, 0.2) is 5.79 Å². The quantitative estimate of drug-likeness (QED) is 0.925. The lowest BCUT2D eigenvalue weighted by molar-refractivity contribution is -0.186. The summed E-state index contributed by atoms with van der Waals surface area (Å²) in [6.45, 7) is 5.85. The van der Waals surface area contributed by atoms with Crippen LogP contribution < -0.4 is 5.32 Å². The first-order valence-electron chi connectivity index (χ1n) is 8.14. The van der Waals surface area contributed by atoms with Crippen LogP contribution in [-0.4, -0.2) is 30.0 Å². The fourth-order valence-corrected chi connectivity index (χ4v) is 3.42. The van der Waals surface area contributed by atoms with Gasteiger partial charge in [0.25, 0.3) is 0 Å². The summed E-state index contributed by atoms with van der Waals surface area (Å²) in [5.41, 5.74) is 2.53. The Bertz CT molecular complexity index is 472. The predicted molar refractivity (Wildman–Crippen MR) is 82.0 cm³/mol. The van der Waals surface area contributed by atoms with Crippen LogP contribution in [0.3, 0.4) is 0 Å². The van der Waals surface area contributed by atoms with Crippen molar-refractivity contribution in [3.05, 3.63) is 29.6 Å². The van der Waals surface area contributed by atoms with Crippen LogP contribution >= 0.6 is 0 Å². The summed E-state index contributed by atoms with van der Waals surface area (Å²) < 4.78 is 12.2. The highest BCUT2D eigenvalue weighted by Gasteiger charge is 2.42. The van der Waals surface area contributed by atoms with E-state index in [9.17, 15) is 0 Å². The number of aryl methyl sites for hydroxylation is 1. The molecule has 21 heavy (non-hydrogen) atoms. The van der Waals surface area contributed by atoms with E-state index < -0.39 is 0 Å². The maximum absolute atomic E-state index is 6.21. The minimum Gasteiger partial charge on any atom is -0.347 e. The maximum Gasteiger partial charge on any atom is 0.168 e. The number of hydrogen-bond acceptors (Lipinski definition) is 4. The molecule has 116 valence electrons. The third kappa shape index (κ3) is 3.44. The smallest absolute Gasteiger partial charge is 0.168 e. The Balaban J connectivity index is 1.51. The molecule has 1 N–H and O–H groups in total. The molecule has 0 amide bonds. The molecule has 4 nitrogen and oxygen atoms in total. The first kappa shape index (κ1) is 14.9. The molecular formula is C17H26N2O2. The molecule has 1 aromatic heterocycles. The van der Waals surface area contributed by atoms with E-state index in [2.05, 4.69) is 30.2 Å². The first-order valence-corrected chi connectivity index (χ1v) is 8.14. The van der Waals surface area contributed by atoms with Crippen molar-refractivity contribution >= 4 is 0 Å². The molecule has 1 saturated heterocycles. The number of aromatic nitrogens is 1. The second kappa shape index (κ2) is 6.42. The molecular weight excluding hydrogens is 264 g/mol. The molecule has 2 atom stereocenters. The molecule has 4 heteroatoms. The summed E-state index contributed by atoms with van der Waals surface area (Å²) >= 11 is 0. The highest BCUT2D eigenvalue weighted by molar-refractivity contribution is 5.24. The van der Waals surface area contributed by atoms with Crippen LogP contribution in [0, 0.1) is 6.92 Å². The normalized spacial score (nSPS) is 26.1. The maximum atomic E-state index is 6.21. The topological polar surface area (TPSA) is 43.4 Å². The van der Waals surface area contributed by atoms with Crippen molar-refractivity contribution in [2.24, 2.45) is 0 Å². The molecule has 2 fully saturated rings. The number of hydrogen-bond donors (Lipinski definition) is 1. The molecule has 1 saturated carbocycles. The molecule has 1 aliphatic carbocycles. The van der Waals surface area contributed by atoms with Gasteiger partial charge in [0.05, 0.1) is 12.7 Å². The van der Waals surface area contributed by atoms with Crippen molar-refractivity contribution in [3.8, 4) is 0 Å². The Morgan fingerprint density at radius 2 is 2.19 bits per heavy atom. The van der Waals surface area contributed by atoms with Gasteiger partial charge in [-0.05, 0) is 43.9 Å². The van der Waals surface area contributed by atoms with Gasteiger partial charge in [-0.15, -0.1) is 0 Å². The summed E-state index contributed by atoms with van der Waals surface area (Å²) in [5.74, 6) is -0.266. The number of rotatable bonds is 4. The number of pyridine rings is 1. The summed E-state index contributed by atoms with van der Waals surface area (Å²) in [7, 11) is 0. The van der Waals surface area contributed by atoms with Gasteiger partial charge in [-0.2, -0.15) is 0 Å². The van der Waals surface area contributed by atoms with Crippen LogP contribution in [0.25, 0.3) is 0 Å². The molecule has 2 aliphatic rings. The average Bonchev–Trinajstić information content (AvgIpc) is 2.89. The predicted octanol–water partition coefficient (Wildman–Crippen LogP) is 3.12. The fourth-order valence-electron chi connectivity index (χ4n) is 3.42. The van der Waals surface area contributed by atoms with E-state index in [1.165, 1.54) is 30.4 Å². The Labute approximate surface area is 127 Å². The SMILES string of the molecule is Cc1ccncc1[C@@H](C)NC[C@H]1COC2(CCCCC2)O1. The summed E-state index contributed by atoms with van der Waals surface area (Å²) in [6, 6.07) is 2.34. The van der Waals surface area contributed by atoms with Gasteiger partial charge in [-0.25, -0.2) is 0 Å². The molecule has 0 radical (unpaired) electrons. The summed E-state index contributed by atoms with van der Waals surface area (Å²) in [4.78, 5) is 4.22. The lowest BCUT2D eigenvalue weighted by atomic mass is 9.94. The zero-order valence-electron chi connectivity index (χ0n) is 13.1. The van der Waals surface area contributed by atoms with Crippen LogP contribution in [0.4, 0.5) is 0 Å². The summed E-state index contributed by atoms with van der Waals surface area (Å²) in [5, 5.41) is 3.56. The van der Waals surface area contributed by atoms with Crippen LogP contribution in [-0.2, 0) is 9.47 Å². The van der Waals surface area contributed by atoms with Crippen LogP contribution in [0.2, 0.25) is 0 Å². The lowest BCUT2D eigenvalue weighted by Crippen LogP contribution is -2.36. The van der Waals surface area contributed by atoms with Gasteiger partial charge in [0.2, 0.25) is 0 Å².